The molecule has 0 aliphatic carbocycles. The molecule has 4 nitrogen and oxygen atoms in total. The fourth-order valence-electron chi connectivity index (χ4n) is 2.65. The number of hydrogen-bond acceptors (Lipinski definition) is 4. The second-order valence-electron chi connectivity index (χ2n) is 5.94. The van der Waals surface area contributed by atoms with E-state index in [1.807, 2.05) is 24.5 Å². The van der Waals surface area contributed by atoms with Crippen LogP contribution in [0.5, 0.6) is 0 Å². The standard InChI is InChI=1S/C13H18FN3.C7H9N/c1-3-11(2)16-6-8-17(9-7-16)13-5-4-12(14)10-15-13;1-2-7-3-5-8-6-4-7/h4-5,10H,2-3,6-9H2,1H3;3-6H,2H2,1H3. The van der Waals surface area contributed by atoms with Crippen LogP contribution >= 0.6 is 0 Å². The number of aromatic nitrogens is 2. The first kappa shape index (κ1) is 18.9. The van der Waals surface area contributed by atoms with Crippen molar-refractivity contribution in [3.63, 3.8) is 0 Å². The van der Waals surface area contributed by atoms with Gasteiger partial charge in [-0.15, -0.1) is 0 Å². The molecule has 0 atom stereocenters. The van der Waals surface area contributed by atoms with Crippen LogP contribution in [0.4, 0.5) is 10.2 Å². The zero-order chi connectivity index (χ0) is 18.1. The topological polar surface area (TPSA) is 32.3 Å². The lowest BCUT2D eigenvalue weighted by molar-refractivity contribution is 0.314. The van der Waals surface area contributed by atoms with Gasteiger partial charge in [-0.05, 0) is 42.7 Å². The summed E-state index contributed by atoms with van der Waals surface area (Å²) in [7, 11) is 0. The first-order valence-corrected chi connectivity index (χ1v) is 8.82. The summed E-state index contributed by atoms with van der Waals surface area (Å²) in [6, 6.07) is 7.25. The molecule has 3 rings (SSSR count). The number of nitrogens with zero attached hydrogens (tertiary/aromatic N) is 4. The molecule has 1 fully saturated rings. The van der Waals surface area contributed by atoms with Gasteiger partial charge in [-0.2, -0.15) is 0 Å². The zero-order valence-corrected chi connectivity index (χ0v) is 15.2. The Bertz CT molecular complexity index is 635. The van der Waals surface area contributed by atoms with Crippen LogP contribution in [0, 0.1) is 5.82 Å². The maximum Gasteiger partial charge on any atom is 0.141 e. The number of aryl methyl sites for hydroxylation is 1. The van der Waals surface area contributed by atoms with Crippen molar-refractivity contribution in [1.29, 1.82) is 0 Å². The molecule has 5 heteroatoms. The van der Waals surface area contributed by atoms with Gasteiger partial charge in [0.15, 0.2) is 0 Å². The van der Waals surface area contributed by atoms with Crippen molar-refractivity contribution in [2.75, 3.05) is 31.1 Å². The number of pyridine rings is 2. The van der Waals surface area contributed by atoms with Gasteiger partial charge in [0.25, 0.3) is 0 Å². The molecule has 0 N–H and O–H groups in total. The number of piperazine rings is 1. The monoisotopic (exact) mass is 342 g/mol. The van der Waals surface area contributed by atoms with Crippen molar-refractivity contribution in [2.24, 2.45) is 0 Å². The first-order valence-electron chi connectivity index (χ1n) is 8.82. The third-order valence-electron chi connectivity index (χ3n) is 4.33. The van der Waals surface area contributed by atoms with E-state index in [0.717, 1.165) is 44.8 Å². The molecule has 0 saturated carbocycles. The van der Waals surface area contributed by atoms with E-state index in [1.165, 1.54) is 23.5 Å². The van der Waals surface area contributed by atoms with Crippen molar-refractivity contribution in [2.45, 2.75) is 26.7 Å². The fraction of sp³-hybridized carbons (Fsp3) is 0.400. The normalized spacial score (nSPS) is 13.9. The molecule has 0 aromatic carbocycles. The van der Waals surface area contributed by atoms with E-state index in [4.69, 9.17) is 0 Å². The van der Waals surface area contributed by atoms with E-state index in [9.17, 15) is 4.39 Å². The molecule has 1 aliphatic rings. The van der Waals surface area contributed by atoms with Gasteiger partial charge in [-0.1, -0.05) is 20.4 Å². The average Bonchev–Trinajstić information content (AvgIpc) is 2.69. The quantitative estimate of drug-likeness (QED) is 0.843. The Morgan fingerprint density at radius 1 is 1.08 bits per heavy atom. The molecule has 0 radical (unpaired) electrons. The maximum absolute atomic E-state index is 12.8. The minimum Gasteiger partial charge on any atom is -0.372 e. The molecule has 25 heavy (non-hydrogen) atoms. The van der Waals surface area contributed by atoms with Gasteiger partial charge in [0.05, 0.1) is 6.20 Å². The molecule has 0 amide bonds. The number of anilines is 1. The molecular formula is C20H27FN4. The average molecular weight is 342 g/mol. The first-order chi connectivity index (χ1) is 12.1. The number of allylic oxidation sites excluding steroid dienone is 1. The van der Waals surface area contributed by atoms with Crippen LogP contribution in [0.3, 0.4) is 0 Å². The summed E-state index contributed by atoms with van der Waals surface area (Å²) in [5, 5.41) is 0. The van der Waals surface area contributed by atoms with Gasteiger partial charge in [-0.25, -0.2) is 9.37 Å². The van der Waals surface area contributed by atoms with Crippen LogP contribution in [0.1, 0.15) is 25.8 Å². The molecular weight excluding hydrogens is 315 g/mol. The van der Waals surface area contributed by atoms with Gasteiger partial charge in [0.2, 0.25) is 0 Å². The minimum atomic E-state index is -0.285. The van der Waals surface area contributed by atoms with Gasteiger partial charge in [-0.3, -0.25) is 4.98 Å². The number of hydrogen-bond donors (Lipinski definition) is 0. The van der Waals surface area contributed by atoms with Crippen molar-refractivity contribution >= 4 is 5.82 Å². The Kier molecular flexibility index (Phi) is 7.38. The summed E-state index contributed by atoms with van der Waals surface area (Å²) in [4.78, 5) is 12.5. The van der Waals surface area contributed by atoms with Crippen LogP contribution in [0.15, 0.2) is 55.1 Å². The minimum absolute atomic E-state index is 0.285. The SMILES string of the molecule is C=C(CC)N1CCN(c2ccc(F)cn2)CC1.CCc1ccncc1. The summed E-state index contributed by atoms with van der Waals surface area (Å²) in [6.45, 7) is 12.1. The van der Waals surface area contributed by atoms with E-state index < -0.39 is 0 Å². The van der Waals surface area contributed by atoms with Gasteiger partial charge >= 0.3 is 0 Å². The predicted molar refractivity (Wildman–Crippen MR) is 101 cm³/mol. The smallest absolute Gasteiger partial charge is 0.141 e. The Hall–Kier alpha value is -2.43. The summed E-state index contributed by atoms with van der Waals surface area (Å²) in [5.74, 6) is 0.569. The fourth-order valence-corrected chi connectivity index (χ4v) is 2.65. The highest BCUT2D eigenvalue weighted by Crippen LogP contribution is 2.16. The second-order valence-corrected chi connectivity index (χ2v) is 5.94. The van der Waals surface area contributed by atoms with E-state index in [1.54, 1.807) is 6.07 Å². The van der Waals surface area contributed by atoms with E-state index in [2.05, 4.69) is 40.2 Å². The Morgan fingerprint density at radius 3 is 2.24 bits per heavy atom. The Morgan fingerprint density at radius 2 is 1.76 bits per heavy atom. The Balaban J connectivity index is 0.000000236. The summed E-state index contributed by atoms with van der Waals surface area (Å²) in [6.07, 6.45) is 7.00. The molecule has 0 unspecified atom stereocenters. The molecule has 0 spiro atoms. The third kappa shape index (κ3) is 5.85. The largest absolute Gasteiger partial charge is 0.372 e. The maximum atomic E-state index is 12.8. The van der Waals surface area contributed by atoms with Crippen LogP contribution in [-0.2, 0) is 6.42 Å². The second kappa shape index (κ2) is 9.77. The van der Waals surface area contributed by atoms with Crippen molar-refractivity contribution in [3.05, 3.63) is 66.5 Å². The van der Waals surface area contributed by atoms with Crippen LogP contribution in [-0.4, -0.2) is 41.0 Å². The van der Waals surface area contributed by atoms with Gasteiger partial charge in [0.1, 0.15) is 11.6 Å². The van der Waals surface area contributed by atoms with Crippen LogP contribution in [0.25, 0.3) is 0 Å². The molecule has 134 valence electrons. The highest BCUT2D eigenvalue weighted by molar-refractivity contribution is 5.38. The van der Waals surface area contributed by atoms with Crippen molar-refractivity contribution in [1.82, 2.24) is 14.9 Å². The number of halogens is 1. The molecule has 2 aromatic heterocycles. The molecule has 2 aromatic rings. The van der Waals surface area contributed by atoms with E-state index in [-0.39, 0.29) is 5.82 Å². The highest BCUT2D eigenvalue weighted by Gasteiger charge is 2.18. The molecule has 1 aliphatic heterocycles. The van der Waals surface area contributed by atoms with Gasteiger partial charge in [0, 0.05) is 44.3 Å². The lowest BCUT2D eigenvalue weighted by Crippen LogP contribution is -2.45. The van der Waals surface area contributed by atoms with Crippen molar-refractivity contribution < 1.29 is 4.39 Å². The summed E-state index contributed by atoms with van der Waals surface area (Å²) in [5.41, 5.74) is 2.54. The number of rotatable bonds is 4. The lowest BCUT2D eigenvalue weighted by Gasteiger charge is -2.37. The molecule has 1 saturated heterocycles. The van der Waals surface area contributed by atoms with E-state index in [0.29, 0.717) is 0 Å². The van der Waals surface area contributed by atoms with Crippen LogP contribution < -0.4 is 4.90 Å². The lowest BCUT2D eigenvalue weighted by atomic mass is 10.2. The van der Waals surface area contributed by atoms with Crippen molar-refractivity contribution in [3.8, 4) is 0 Å². The van der Waals surface area contributed by atoms with Crippen LogP contribution in [0.2, 0.25) is 0 Å². The predicted octanol–water partition coefficient (Wildman–Crippen LogP) is 3.91. The van der Waals surface area contributed by atoms with Gasteiger partial charge < -0.3 is 9.80 Å². The molecule has 3 heterocycles. The van der Waals surface area contributed by atoms with E-state index >= 15 is 0 Å². The molecule has 0 bridgehead atoms. The summed E-state index contributed by atoms with van der Waals surface area (Å²) >= 11 is 0. The third-order valence-corrected chi connectivity index (χ3v) is 4.33. The summed E-state index contributed by atoms with van der Waals surface area (Å²) < 4.78 is 12.8. The Labute approximate surface area is 150 Å². The zero-order valence-electron chi connectivity index (χ0n) is 15.2. The highest BCUT2D eigenvalue weighted by atomic mass is 19.1.